The lowest BCUT2D eigenvalue weighted by molar-refractivity contribution is 0.250. The van der Waals surface area contributed by atoms with E-state index in [-0.39, 0.29) is 6.10 Å². The van der Waals surface area contributed by atoms with Crippen molar-refractivity contribution in [3.63, 3.8) is 0 Å². The number of ether oxygens (including phenoxy) is 2. The molecule has 1 atom stereocenters. The molecule has 0 N–H and O–H groups in total. The first kappa shape index (κ1) is 37.2. The van der Waals surface area contributed by atoms with Gasteiger partial charge in [0.1, 0.15) is 23.4 Å². The van der Waals surface area contributed by atoms with Crippen molar-refractivity contribution in [1.82, 2.24) is 9.13 Å². The highest BCUT2D eigenvalue weighted by atomic mass is 16.5. The lowest BCUT2D eigenvalue weighted by Gasteiger charge is -2.36. The highest BCUT2D eigenvalue weighted by molar-refractivity contribution is 6.10. The first-order chi connectivity index (χ1) is 32.2. The molecule has 0 amide bonds. The molecule has 0 saturated heterocycles. The van der Waals surface area contributed by atoms with E-state index in [9.17, 15) is 0 Å². The van der Waals surface area contributed by atoms with Gasteiger partial charge in [0.15, 0.2) is 0 Å². The lowest BCUT2D eigenvalue weighted by atomic mass is 9.66. The fourth-order valence-corrected chi connectivity index (χ4v) is 10.8. The Hall–Kier alpha value is -8.34. The predicted molar refractivity (Wildman–Crippen MR) is 266 cm³/mol. The summed E-state index contributed by atoms with van der Waals surface area (Å²) < 4.78 is 17.9. The standard InChI is InChI=1S/C61H42N2O2/c1-7-19-55-49(13-1)50-14-2-8-20-56(50)61(55,41-25-33-45(34-26-41)64-47-37-29-43(30-38-47)62-57-21-9-3-15-51(57)52-16-4-10-22-58(52)62)42-27-35-46(36-28-42)65-48-39-31-44(32-40-48)63-59-23-11-5-17-53(59)54-18-6-12-24-60(54)63/h1-35,37-40,46H,36H2. The molecular weight excluding hydrogens is 793 g/mol. The highest BCUT2D eigenvalue weighted by Gasteiger charge is 2.47. The number of allylic oxidation sites excluding steroid dienone is 2. The Morgan fingerprint density at radius 2 is 0.800 bits per heavy atom. The van der Waals surface area contributed by atoms with Crippen LogP contribution >= 0.6 is 0 Å². The second-order valence-electron chi connectivity index (χ2n) is 17.1. The van der Waals surface area contributed by atoms with Crippen LogP contribution in [-0.2, 0) is 5.41 Å². The van der Waals surface area contributed by atoms with E-state index in [1.54, 1.807) is 0 Å². The monoisotopic (exact) mass is 834 g/mol. The Labute approximate surface area is 377 Å². The second-order valence-corrected chi connectivity index (χ2v) is 17.1. The van der Waals surface area contributed by atoms with Crippen LogP contribution in [0.4, 0.5) is 0 Å². The van der Waals surface area contributed by atoms with E-state index >= 15 is 0 Å². The maximum absolute atomic E-state index is 6.67. The number of hydrogen-bond acceptors (Lipinski definition) is 2. The van der Waals surface area contributed by atoms with Gasteiger partial charge in [0.05, 0.1) is 27.5 Å². The van der Waals surface area contributed by atoms with Crippen molar-refractivity contribution < 1.29 is 9.47 Å². The second kappa shape index (κ2) is 14.9. The summed E-state index contributed by atoms with van der Waals surface area (Å²) >= 11 is 0. The first-order valence-electron chi connectivity index (χ1n) is 22.4. The summed E-state index contributed by atoms with van der Waals surface area (Å²) in [6, 6.07) is 77.9. The van der Waals surface area contributed by atoms with Crippen LogP contribution < -0.4 is 9.47 Å². The third kappa shape index (κ3) is 5.84. The smallest absolute Gasteiger partial charge is 0.127 e. The largest absolute Gasteiger partial charge is 0.486 e. The summed E-state index contributed by atoms with van der Waals surface area (Å²) in [7, 11) is 0. The average molecular weight is 835 g/mol. The number of rotatable bonds is 8. The minimum atomic E-state index is -0.513. The van der Waals surface area contributed by atoms with E-state index in [4.69, 9.17) is 9.47 Å². The fourth-order valence-electron chi connectivity index (χ4n) is 10.8. The van der Waals surface area contributed by atoms with Gasteiger partial charge in [-0.1, -0.05) is 146 Å². The lowest BCUT2D eigenvalue weighted by Crippen LogP contribution is -2.30. The molecule has 11 aromatic rings. The average Bonchev–Trinajstić information content (AvgIpc) is 4.00. The molecule has 0 spiro atoms. The highest BCUT2D eigenvalue weighted by Crippen LogP contribution is 2.57. The van der Waals surface area contributed by atoms with Gasteiger partial charge in [0.25, 0.3) is 0 Å². The quantitative estimate of drug-likeness (QED) is 0.153. The summed E-state index contributed by atoms with van der Waals surface area (Å²) in [5.41, 5.74) is 14.0. The maximum Gasteiger partial charge on any atom is 0.127 e. The zero-order valence-electron chi connectivity index (χ0n) is 35.5. The molecule has 2 aromatic heterocycles. The van der Waals surface area contributed by atoms with E-state index in [1.165, 1.54) is 77.0 Å². The Bertz CT molecular complexity index is 3530. The van der Waals surface area contributed by atoms with Crippen molar-refractivity contribution in [2.24, 2.45) is 0 Å². The van der Waals surface area contributed by atoms with Gasteiger partial charge in [0.2, 0.25) is 0 Å². The number of nitrogens with zero attached hydrogens (tertiary/aromatic N) is 2. The van der Waals surface area contributed by atoms with Gasteiger partial charge in [-0.25, -0.2) is 0 Å². The van der Waals surface area contributed by atoms with Crippen LogP contribution in [0.1, 0.15) is 23.1 Å². The van der Waals surface area contributed by atoms with E-state index in [0.717, 1.165) is 35.0 Å². The van der Waals surface area contributed by atoms with Crippen molar-refractivity contribution in [2.45, 2.75) is 17.9 Å². The van der Waals surface area contributed by atoms with Crippen molar-refractivity contribution in [3.8, 4) is 39.8 Å². The fraction of sp³-hybridized carbons (Fsp3) is 0.0492. The van der Waals surface area contributed by atoms with E-state index in [0.29, 0.717) is 0 Å². The normalized spacial score (nSPS) is 15.0. The third-order valence-corrected chi connectivity index (χ3v) is 13.6. The zero-order valence-corrected chi connectivity index (χ0v) is 35.5. The van der Waals surface area contributed by atoms with Gasteiger partial charge in [-0.05, 0) is 124 Å². The molecule has 0 fully saturated rings. The Morgan fingerprint density at radius 1 is 0.400 bits per heavy atom. The molecule has 2 heterocycles. The zero-order chi connectivity index (χ0) is 42.9. The third-order valence-electron chi connectivity index (χ3n) is 13.6. The van der Waals surface area contributed by atoms with Crippen molar-refractivity contribution >= 4 is 43.6 Å². The molecule has 4 nitrogen and oxygen atoms in total. The van der Waals surface area contributed by atoms with Crippen LogP contribution in [0, 0.1) is 0 Å². The molecular formula is C61H42N2O2. The maximum atomic E-state index is 6.67. The SMILES string of the molecule is C1=CC(Oc2ccc(-n3c4ccccc4c4ccccc43)cc2)CC=C1C1(c2ccc(Oc3ccc(-n4c5ccccc5c5ccccc54)cc3)cc2)c2ccccc2-c2ccccc21. The van der Waals surface area contributed by atoms with Crippen LogP contribution in [0.3, 0.4) is 0 Å². The molecule has 4 heteroatoms. The molecule has 308 valence electrons. The van der Waals surface area contributed by atoms with Crippen LogP contribution in [0.2, 0.25) is 0 Å². The molecule has 13 rings (SSSR count). The first-order valence-corrected chi connectivity index (χ1v) is 22.4. The molecule has 65 heavy (non-hydrogen) atoms. The molecule has 0 aliphatic heterocycles. The van der Waals surface area contributed by atoms with Crippen molar-refractivity contribution in [1.29, 1.82) is 0 Å². The van der Waals surface area contributed by atoms with E-state index in [1.807, 2.05) is 0 Å². The predicted octanol–water partition coefficient (Wildman–Crippen LogP) is 15.3. The van der Waals surface area contributed by atoms with E-state index < -0.39 is 5.41 Å². The minimum Gasteiger partial charge on any atom is -0.486 e. The van der Waals surface area contributed by atoms with E-state index in [2.05, 4.69) is 246 Å². The molecule has 0 radical (unpaired) electrons. The molecule has 9 aromatic carbocycles. The number of hydrogen-bond donors (Lipinski definition) is 0. The summed E-state index contributed by atoms with van der Waals surface area (Å²) in [6.45, 7) is 0. The number of benzene rings is 9. The van der Waals surface area contributed by atoms with Crippen molar-refractivity contribution in [3.05, 3.63) is 259 Å². The van der Waals surface area contributed by atoms with Crippen LogP contribution in [0.25, 0.3) is 66.1 Å². The molecule has 2 aliphatic carbocycles. The van der Waals surface area contributed by atoms with Crippen LogP contribution in [0.5, 0.6) is 17.2 Å². The molecule has 0 saturated carbocycles. The number of para-hydroxylation sites is 4. The molecule has 0 bridgehead atoms. The number of aromatic nitrogens is 2. The number of fused-ring (bicyclic) bond motifs is 9. The molecule has 2 aliphatic rings. The van der Waals surface area contributed by atoms with Gasteiger partial charge in [-0.3, -0.25) is 0 Å². The Morgan fingerprint density at radius 3 is 1.25 bits per heavy atom. The van der Waals surface area contributed by atoms with Gasteiger partial charge < -0.3 is 18.6 Å². The summed E-state index contributed by atoms with van der Waals surface area (Å²) in [5.74, 6) is 2.43. The topological polar surface area (TPSA) is 28.3 Å². The van der Waals surface area contributed by atoms with Gasteiger partial charge in [-0.15, -0.1) is 0 Å². The minimum absolute atomic E-state index is 0.0982. The summed E-state index contributed by atoms with van der Waals surface area (Å²) in [4.78, 5) is 0. The van der Waals surface area contributed by atoms with Crippen LogP contribution in [0.15, 0.2) is 242 Å². The summed E-state index contributed by atoms with van der Waals surface area (Å²) in [6.07, 6.45) is 7.57. The molecule has 1 unspecified atom stereocenters. The Kier molecular flexibility index (Phi) is 8.53. The van der Waals surface area contributed by atoms with Gasteiger partial charge >= 0.3 is 0 Å². The Balaban J connectivity index is 0.793. The van der Waals surface area contributed by atoms with Crippen molar-refractivity contribution in [2.75, 3.05) is 0 Å². The van der Waals surface area contributed by atoms with Crippen LogP contribution in [-0.4, -0.2) is 15.2 Å². The van der Waals surface area contributed by atoms with Gasteiger partial charge in [0, 0.05) is 39.3 Å². The van der Waals surface area contributed by atoms with Gasteiger partial charge in [-0.2, -0.15) is 0 Å². The summed E-state index contributed by atoms with van der Waals surface area (Å²) in [5, 5.41) is 5.01.